The Balaban J connectivity index is 1.14. The van der Waals surface area contributed by atoms with Gasteiger partial charge in [-0.1, -0.05) is 6.07 Å². The molecule has 1 saturated heterocycles. The van der Waals surface area contributed by atoms with Crippen LogP contribution in [0.15, 0.2) is 54.9 Å². The Bertz CT molecular complexity index is 1140. The van der Waals surface area contributed by atoms with E-state index < -0.39 is 6.10 Å². The third-order valence-corrected chi connectivity index (χ3v) is 6.16. The summed E-state index contributed by atoms with van der Waals surface area (Å²) in [7, 11) is 0. The Morgan fingerprint density at radius 1 is 1.07 bits per heavy atom. The SMILES string of the molecule is OC(COc1cccc2[nH]ccc12)CN1CCC(c2c[nH]c3cc(F)ccc23)CC1. The predicted octanol–water partition coefficient (Wildman–Crippen LogP) is 4.41. The molecule has 0 amide bonds. The van der Waals surface area contributed by atoms with E-state index in [2.05, 4.69) is 14.9 Å². The van der Waals surface area contributed by atoms with Gasteiger partial charge in [-0.3, -0.25) is 0 Å². The van der Waals surface area contributed by atoms with Crippen molar-refractivity contribution in [3.05, 3.63) is 66.2 Å². The molecule has 6 heteroatoms. The molecule has 0 radical (unpaired) electrons. The second-order valence-corrected chi connectivity index (χ2v) is 8.17. The van der Waals surface area contributed by atoms with Gasteiger partial charge in [-0.25, -0.2) is 4.39 Å². The first-order valence-electron chi connectivity index (χ1n) is 10.5. The van der Waals surface area contributed by atoms with E-state index in [4.69, 9.17) is 4.74 Å². The molecule has 5 nitrogen and oxygen atoms in total. The number of likely N-dealkylation sites (tertiary alicyclic amines) is 1. The van der Waals surface area contributed by atoms with Crippen molar-refractivity contribution >= 4 is 21.8 Å². The van der Waals surface area contributed by atoms with Gasteiger partial charge in [0.25, 0.3) is 0 Å². The molecule has 0 saturated carbocycles. The van der Waals surface area contributed by atoms with Gasteiger partial charge in [-0.15, -0.1) is 0 Å². The highest BCUT2D eigenvalue weighted by Gasteiger charge is 2.24. The van der Waals surface area contributed by atoms with Crippen LogP contribution < -0.4 is 4.74 Å². The number of halogens is 1. The maximum atomic E-state index is 13.4. The van der Waals surface area contributed by atoms with E-state index in [0.717, 1.165) is 53.5 Å². The van der Waals surface area contributed by atoms with Gasteiger partial charge in [-0.2, -0.15) is 0 Å². The Morgan fingerprint density at radius 3 is 2.80 bits per heavy atom. The molecule has 3 heterocycles. The zero-order valence-electron chi connectivity index (χ0n) is 16.8. The van der Waals surface area contributed by atoms with Crippen molar-refractivity contribution in [2.24, 2.45) is 0 Å². The predicted molar refractivity (Wildman–Crippen MR) is 116 cm³/mol. The number of benzene rings is 2. The van der Waals surface area contributed by atoms with Gasteiger partial charge in [0.15, 0.2) is 0 Å². The lowest BCUT2D eigenvalue weighted by Crippen LogP contribution is -2.40. The van der Waals surface area contributed by atoms with Crippen LogP contribution in [0.2, 0.25) is 0 Å². The summed E-state index contributed by atoms with van der Waals surface area (Å²) in [5.41, 5.74) is 3.16. The van der Waals surface area contributed by atoms with E-state index in [1.807, 2.05) is 42.7 Å². The monoisotopic (exact) mass is 407 g/mol. The van der Waals surface area contributed by atoms with Crippen molar-refractivity contribution in [3.63, 3.8) is 0 Å². The molecule has 2 aromatic carbocycles. The summed E-state index contributed by atoms with van der Waals surface area (Å²) in [5.74, 6) is 1.04. The lowest BCUT2D eigenvalue weighted by atomic mass is 9.89. The van der Waals surface area contributed by atoms with E-state index in [9.17, 15) is 9.50 Å². The van der Waals surface area contributed by atoms with E-state index in [1.54, 1.807) is 6.07 Å². The van der Waals surface area contributed by atoms with Gasteiger partial charge >= 0.3 is 0 Å². The third kappa shape index (κ3) is 3.80. The summed E-state index contributed by atoms with van der Waals surface area (Å²) in [6, 6.07) is 12.8. The molecule has 1 aliphatic rings. The molecule has 0 aliphatic carbocycles. The van der Waals surface area contributed by atoms with Gasteiger partial charge in [-0.05, 0) is 73.8 Å². The molecule has 4 aromatic rings. The molecule has 2 aromatic heterocycles. The second kappa shape index (κ2) is 8.13. The number of ether oxygens (including phenoxy) is 1. The van der Waals surface area contributed by atoms with Gasteiger partial charge in [0.05, 0.1) is 0 Å². The van der Waals surface area contributed by atoms with E-state index >= 15 is 0 Å². The van der Waals surface area contributed by atoms with Crippen molar-refractivity contribution in [2.45, 2.75) is 24.9 Å². The number of rotatable bonds is 6. The van der Waals surface area contributed by atoms with E-state index in [-0.39, 0.29) is 12.4 Å². The van der Waals surface area contributed by atoms with Gasteiger partial charge in [0.1, 0.15) is 24.3 Å². The smallest absolute Gasteiger partial charge is 0.128 e. The number of nitrogens with zero attached hydrogens (tertiary/aromatic N) is 1. The Morgan fingerprint density at radius 2 is 1.93 bits per heavy atom. The van der Waals surface area contributed by atoms with Crippen molar-refractivity contribution in [3.8, 4) is 5.75 Å². The number of β-amino-alcohol motifs (C(OH)–C–C–N with tert-alkyl or cyclic N) is 1. The minimum Gasteiger partial charge on any atom is -0.490 e. The van der Waals surface area contributed by atoms with Crippen LogP contribution in [0.4, 0.5) is 4.39 Å². The Hall–Kier alpha value is -2.83. The first-order valence-corrected chi connectivity index (χ1v) is 10.5. The molecule has 3 N–H and O–H groups in total. The summed E-state index contributed by atoms with van der Waals surface area (Å²) in [6.45, 7) is 2.75. The number of aliphatic hydroxyl groups is 1. The van der Waals surface area contributed by atoms with Crippen LogP contribution in [-0.2, 0) is 0 Å². The first kappa shape index (κ1) is 19.2. The third-order valence-electron chi connectivity index (χ3n) is 6.16. The number of fused-ring (bicyclic) bond motifs is 2. The normalized spacial score (nSPS) is 17.0. The molecule has 0 bridgehead atoms. The number of hydrogen-bond donors (Lipinski definition) is 3. The molecule has 1 fully saturated rings. The molecule has 5 rings (SSSR count). The number of aromatic amines is 2. The molecule has 0 spiro atoms. The highest BCUT2D eigenvalue weighted by molar-refractivity contribution is 5.85. The summed E-state index contributed by atoms with van der Waals surface area (Å²) in [6.07, 6.45) is 5.44. The highest BCUT2D eigenvalue weighted by Crippen LogP contribution is 2.33. The number of aromatic nitrogens is 2. The number of piperidine rings is 1. The van der Waals surface area contributed by atoms with E-state index in [0.29, 0.717) is 12.5 Å². The molecule has 1 unspecified atom stereocenters. The fraction of sp³-hybridized carbons (Fsp3) is 0.333. The maximum absolute atomic E-state index is 13.4. The second-order valence-electron chi connectivity index (χ2n) is 8.17. The minimum absolute atomic E-state index is 0.213. The summed E-state index contributed by atoms with van der Waals surface area (Å²) >= 11 is 0. The van der Waals surface area contributed by atoms with Crippen LogP contribution in [0.3, 0.4) is 0 Å². The highest BCUT2D eigenvalue weighted by atomic mass is 19.1. The Kier molecular flexibility index (Phi) is 5.19. The number of aliphatic hydroxyl groups excluding tert-OH is 1. The van der Waals surface area contributed by atoms with Crippen LogP contribution >= 0.6 is 0 Å². The molecule has 1 atom stereocenters. The van der Waals surface area contributed by atoms with Gasteiger partial charge in [0, 0.05) is 40.7 Å². The Labute approximate surface area is 174 Å². The van der Waals surface area contributed by atoms with E-state index in [1.165, 1.54) is 11.6 Å². The lowest BCUT2D eigenvalue weighted by Gasteiger charge is -2.33. The van der Waals surface area contributed by atoms with Crippen LogP contribution in [0.1, 0.15) is 24.3 Å². The molecular formula is C24H26FN3O2. The summed E-state index contributed by atoms with van der Waals surface area (Å²) in [4.78, 5) is 8.67. The zero-order chi connectivity index (χ0) is 20.5. The van der Waals surface area contributed by atoms with Crippen LogP contribution in [0.5, 0.6) is 5.75 Å². The molecular weight excluding hydrogens is 381 g/mol. The topological polar surface area (TPSA) is 64.3 Å². The number of hydrogen-bond acceptors (Lipinski definition) is 3. The lowest BCUT2D eigenvalue weighted by molar-refractivity contribution is 0.0599. The standard InChI is InChI=1S/C24H26FN3O2/c25-17-4-5-19-21(13-27-23(19)12-17)16-7-10-28(11-8-16)14-18(29)15-30-24-3-1-2-22-20(24)6-9-26-22/h1-6,9,12-13,16,18,26-27,29H,7-8,10-11,14-15H2. The van der Waals surface area contributed by atoms with Gasteiger partial charge < -0.3 is 24.7 Å². The molecule has 1 aliphatic heterocycles. The van der Waals surface area contributed by atoms with Crippen LogP contribution in [-0.4, -0.2) is 52.3 Å². The van der Waals surface area contributed by atoms with Crippen molar-refractivity contribution in [1.29, 1.82) is 0 Å². The summed E-state index contributed by atoms with van der Waals surface area (Å²) < 4.78 is 19.3. The number of H-pyrrole nitrogens is 2. The van der Waals surface area contributed by atoms with Crippen molar-refractivity contribution in [2.75, 3.05) is 26.2 Å². The van der Waals surface area contributed by atoms with Crippen molar-refractivity contribution in [1.82, 2.24) is 14.9 Å². The molecule has 30 heavy (non-hydrogen) atoms. The van der Waals surface area contributed by atoms with Gasteiger partial charge in [0.2, 0.25) is 0 Å². The average Bonchev–Trinajstić information content (AvgIpc) is 3.39. The summed E-state index contributed by atoms with van der Waals surface area (Å²) in [5, 5.41) is 12.6. The quantitative estimate of drug-likeness (QED) is 0.444. The minimum atomic E-state index is -0.535. The number of nitrogens with one attached hydrogen (secondary N) is 2. The van der Waals surface area contributed by atoms with Crippen LogP contribution in [0, 0.1) is 5.82 Å². The van der Waals surface area contributed by atoms with Crippen LogP contribution in [0.25, 0.3) is 21.8 Å². The maximum Gasteiger partial charge on any atom is 0.128 e. The fourth-order valence-electron chi connectivity index (χ4n) is 4.60. The molecule has 156 valence electrons. The average molecular weight is 407 g/mol. The fourth-order valence-corrected chi connectivity index (χ4v) is 4.60. The zero-order valence-corrected chi connectivity index (χ0v) is 16.8. The largest absolute Gasteiger partial charge is 0.490 e. The first-order chi connectivity index (χ1) is 14.7. The van der Waals surface area contributed by atoms with Crippen molar-refractivity contribution < 1.29 is 14.2 Å².